The van der Waals surface area contributed by atoms with Crippen LogP contribution in [0.4, 0.5) is 4.39 Å². The molecule has 43 heavy (non-hydrogen) atoms. The molecule has 0 aromatic heterocycles. The van der Waals surface area contributed by atoms with E-state index in [0.717, 1.165) is 25.9 Å². The smallest absolute Gasteiger partial charge is 0.157 e. The molecule has 13 nitrogen and oxygen atoms in total. The van der Waals surface area contributed by atoms with Gasteiger partial charge in [0.05, 0.1) is 152 Å². The average molecular weight is 633 g/mol. The summed E-state index contributed by atoms with van der Waals surface area (Å²) in [6, 6.07) is 0. The van der Waals surface area contributed by atoms with Crippen molar-refractivity contribution >= 4 is 0 Å². The molecule has 1 heterocycles. The summed E-state index contributed by atoms with van der Waals surface area (Å²) in [4.78, 5) is 0. The standard InChI is InChI=1S/C29H57FO13/c30-4-6-31-7-8-32-9-10-33-11-12-34-13-14-35-15-16-36-17-18-37-19-20-38-21-22-39-23-24-40-25-26-41-27-28-43-29-3-1-2-5-42-29/h29H,1-28H2. The first-order chi connectivity index (χ1) is 21.4. The summed E-state index contributed by atoms with van der Waals surface area (Å²) in [5, 5.41) is 0. The van der Waals surface area contributed by atoms with E-state index in [9.17, 15) is 4.39 Å². The molecule has 0 aromatic carbocycles. The van der Waals surface area contributed by atoms with Gasteiger partial charge in [0.25, 0.3) is 0 Å². The molecular formula is C29H57FO13. The topological polar surface area (TPSA) is 120 Å². The van der Waals surface area contributed by atoms with E-state index in [4.69, 9.17) is 61.6 Å². The summed E-state index contributed by atoms with van der Waals surface area (Å²) < 4.78 is 82.2. The number of hydrogen-bond acceptors (Lipinski definition) is 13. The van der Waals surface area contributed by atoms with Gasteiger partial charge in [-0.2, -0.15) is 0 Å². The Bertz CT molecular complexity index is 519. The van der Waals surface area contributed by atoms with Crippen LogP contribution in [0.1, 0.15) is 19.3 Å². The van der Waals surface area contributed by atoms with Crippen molar-refractivity contribution in [3.63, 3.8) is 0 Å². The Kier molecular flexibility index (Phi) is 33.7. The van der Waals surface area contributed by atoms with Gasteiger partial charge in [-0.25, -0.2) is 4.39 Å². The highest BCUT2D eigenvalue weighted by Crippen LogP contribution is 2.13. The molecule has 1 rings (SSSR count). The minimum absolute atomic E-state index is 0.0677. The summed E-state index contributed by atoms with van der Waals surface area (Å²) in [6.45, 7) is 11.4. The largest absolute Gasteiger partial charge is 0.377 e. The second-order valence-electron chi connectivity index (χ2n) is 9.09. The molecule has 0 amide bonds. The van der Waals surface area contributed by atoms with E-state index >= 15 is 0 Å². The summed E-state index contributed by atoms with van der Waals surface area (Å²) in [7, 11) is 0. The van der Waals surface area contributed by atoms with Crippen LogP contribution in [-0.2, 0) is 61.6 Å². The second kappa shape index (κ2) is 35.9. The number of ether oxygens (including phenoxy) is 13. The van der Waals surface area contributed by atoms with Gasteiger partial charge in [-0.1, -0.05) is 0 Å². The van der Waals surface area contributed by atoms with E-state index in [-0.39, 0.29) is 12.9 Å². The van der Waals surface area contributed by atoms with E-state index in [1.54, 1.807) is 0 Å². The molecule has 0 aromatic rings. The first-order valence-corrected chi connectivity index (χ1v) is 15.6. The van der Waals surface area contributed by atoms with Crippen LogP contribution in [0.5, 0.6) is 0 Å². The van der Waals surface area contributed by atoms with Gasteiger partial charge in [-0.3, -0.25) is 0 Å². The Morgan fingerprint density at radius 1 is 0.372 bits per heavy atom. The van der Waals surface area contributed by atoms with Crippen LogP contribution in [0, 0.1) is 0 Å². The lowest BCUT2D eigenvalue weighted by Gasteiger charge is -2.22. The third-order valence-corrected chi connectivity index (χ3v) is 5.61. The zero-order chi connectivity index (χ0) is 30.6. The van der Waals surface area contributed by atoms with Gasteiger partial charge in [0.2, 0.25) is 0 Å². The highest BCUT2D eigenvalue weighted by Gasteiger charge is 2.13. The molecule has 1 atom stereocenters. The van der Waals surface area contributed by atoms with Crippen LogP contribution >= 0.6 is 0 Å². The summed E-state index contributed by atoms with van der Waals surface area (Å²) in [5.41, 5.74) is 0. The number of halogens is 1. The Labute approximate surface area is 257 Å². The minimum Gasteiger partial charge on any atom is -0.377 e. The summed E-state index contributed by atoms with van der Waals surface area (Å²) >= 11 is 0. The lowest BCUT2D eigenvalue weighted by molar-refractivity contribution is -0.169. The average Bonchev–Trinajstić information content (AvgIpc) is 3.03. The lowest BCUT2D eigenvalue weighted by atomic mass is 10.2. The molecule has 258 valence electrons. The van der Waals surface area contributed by atoms with Crippen molar-refractivity contribution < 1.29 is 66.0 Å². The fourth-order valence-electron chi connectivity index (χ4n) is 3.44. The molecular weight excluding hydrogens is 575 g/mol. The van der Waals surface area contributed by atoms with Crippen LogP contribution in [0.15, 0.2) is 0 Å². The van der Waals surface area contributed by atoms with Crippen LogP contribution in [0.3, 0.4) is 0 Å². The number of alkyl halides is 1. The van der Waals surface area contributed by atoms with E-state index in [0.29, 0.717) is 145 Å². The molecule has 1 fully saturated rings. The summed E-state index contributed by atoms with van der Waals surface area (Å²) in [5.74, 6) is 0. The first kappa shape index (κ1) is 40.4. The van der Waals surface area contributed by atoms with Crippen LogP contribution in [0.25, 0.3) is 0 Å². The Morgan fingerprint density at radius 2 is 0.651 bits per heavy atom. The van der Waals surface area contributed by atoms with E-state index in [1.807, 2.05) is 0 Å². The normalized spacial score (nSPS) is 15.4. The molecule has 14 heteroatoms. The molecule has 0 saturated carbocycles. The Hall–Kier alpha value is -0.590. The van der Waals surface area contributed by atoms with E-state index in [2.05, 4.69) is 0 Å². The van der Waals surface area contributed by atoms with Gasteiger partial charge in [0, 0.05) is 6.61 Å². The van der Waals surface area contributed by atoms with Crippen molar-refractivity contribution in [1.29, 1.82) is 0 Å². The maximum atomic E-state index is 11.8. The van der Waals surface area contributed by atoms with Crippen molar-refractivity contribution in [3.05, 3.63) is 0 Å². The van der Waals surface area contributed by atoms with Crippen molar-refractivity contribution in [3.8, 4) is 0 Å². The number of hydrogen-bond donors (Lipinski definition) is 0. The highest BCUT2D eigenvalue weighted by molar-refractivity contribution is 4.53. The molecule has 1 aliphatic rings. The van der Waals surface area contributed by atoms with Crippen molar-refractivity contribution in [2.24, 2.45) is 0 Å². The molecule has 1 saturated heterocycles. The summed E-state index contributed by atoms with van der Waals surface area (Å²) in [6.07, 6.45) is 3.18. The van der Waals surface area contributed by atoms with Crippen molar-refractivity contribution in [1.82, 2.24) is 0 Å². The predicted molar refractivity (Wildman–Crippen MR) is 155 cm³/mol. The zero-order valence-corrected chi connectivity index (χ0v) is 26.1. The molecule has 0 spiro atoms. The predicted octanol–water partition coefficient (Wildman–Crippen LogP) is 1.68. The van der Waals surface area contributed by atoms with Gasteiger partial charge >= 0.3 is 0 Å². The number of rotatable bonds is 36. The van der Waals surface area contributed by atoms with Crippen molar-refractivity contribution in [2.75, 3.05) is 165 Å². The second-order valence-corrected chi connectivity index (χ2v) is 9.09. The minimum atomic E-state index is -0.474. The van der Waals surface area contributed by atoms with Gasteiger partial charge in [-0.15, -0.1) is 0 Å². The van der Waals surface area contributed by atoms with Crippen molar-refractivity contribution in [2.45, 2.75) is 25.6 Å². The molecule has 1 aliphatic heterocycles. The van der Waals surface area contributed by atoms with Gasteiger partial charge in [0.15, 0.2) is 6.29 Å². The Morgan fingerprint density at radius 3 is 0.907 bits per heavy atom. The quantitative estimate of drug-likeness (QED) is 0.0933. The fourth-order valence-corrected chi connectivity index (χ4v) is 3.44. The van der Waals surface area contributed by atoms with Crippen LogP contribution in [0.2, 0.25) is 0 Å². The molecule has 0 bridgehead atoms. The maximum absolute atomic E-state index is 11.8. The highest BCUT2D eigenvalue weighted by atomic mass is 19.1. The molecule has 0 N–H and O–H groups in total. The van der Waals surface area contributed by atoms with Gasteiger partial charge < -0.3 is 61.6 Å². The molecule has 0 aliphatic carbocycles. The third kappa shape index (κ3) is 32.6. The zero-order valence-electron chi connectivity index (χ0n) is 26.1. The molecule has 1 unspecified atom stereocenters. The third-order valence-electron chi connectivity index (χ3n) is 5.61. The fraction of sp³-hybridized carbons (Fsp3) is 1.00. The monoisotopic (exact) mass is 632 g/mol. The van der Waals surface area contributed by atoms with Gasteiger partial charge in [-0.05, 0) is 19.3 Å². The van der Waals surface area contributed by atoms with Crippen LogP contribution in [-0.4, -0.2) is 172 Å². The first-order valence-electron chi connectivity index (χ1n) is 15.6. The Balaban J connectivity index is 1.60. The van der Waals surface area contributed by atoms with Crippen LogP contribution < -0.4 is 0 Å². The molecule has 0 radical (unpaired) electrons. The van der Waals surface area contributed by atoms with E-state index in [1.165, 1.54) is 0 Å². The SMILES string of the molecule is FCCOCCOCCOCCOCCOCCOCCOCCOCCOCCOCCOCCOC1CCCCO1. The van der Waals surface area contributed by atoms with Gasteiger partial charge in [0.1, 0.15) is 6.67 Å². The van der Waals surface area contributed by atoms with E-state index < -0.39 is 6.67 Å². The lowest BCUT2D eigenvalue weighted by Crippen LogP contribution is -2.24. The maximum Gasteiger partial charge on any atom is 0.157 e.